The van der Waals surface area contributed by atoms with Gasteiger partial charge in [0.2, 0.25) is 0 Å². The minimum atomic E-state index is 0.188. The molecule has 5 rings (SSSR count). The monoisotopic (exact) mass is 673 g/mol. The van der Waals surface area contributed by atoms with E-state index < -0.39 is 0 Å². The van der Waals surface area contributed by atoms with Crippen LogP contribution in [0.4, 0.5) is 0 Å². The fourth-order valence-corrected chi connectivity index (χ4v) is 6.06. The minimum Gasteiger partial charge on any atom is -0.0991 e. The first-order chi connectivity index (χ1) is 24.1. The number of hydrogen-bond donors (Lipinski definition) is 0. The van der Waals surface area contributed by atoms with E-state index in [2.05, 4.69) is 165 Å². The lowest BCUT2D eigenvalue weighted by atomic mass is 9.76. The van der Waals surface area contributed by atoms with Crippen LogP contribution in [0.2, 0.25) is 0 Å². The van der Waals surface area contributed by atoms with Crippen molar-refractivity contribution < 1.29 is 0 Å². The fourth-order valence-electron chi connectivity index (χ4n) is 6.06. The molecular weight excluding hydrogens is 601 g/mol. The third-order valence-corrected chi connectivity index (χ3v) is 8.96. The Balaban J connectivity index is 0.000000669. The van der Waals surface area contributed by atoms with Crippen LogP contribution in [0.1, 0.15) is 137 Å². The van der Waals surface area contributed by atoms with Crippen LogP contribution in [0.3, 0.4) is 0 Å². The zero-order valence-electron chi connectivity index (χ0n) is 34.6. The van der Waals surface area contributed by atoms with Gasteiger partial charge in [-0.25, -0.2) is 0 Å². The van der Waals surface area contributed by atoms with Gasteiger partial charge in [0.1, 0.15) is 0 Å². The van der Waals surface area contributed by atoms with Gasteiger partial charge in [-0.1, -0.05) is 175 Å². The van der Waals surface area contributed by atoms with Gasteiger partial charge in [0.15, 0.2) is 0 Å². The molecule has 0 fully saturated rings. The molecule has 272 valence electrons. The van der Waals surface area contributed by atoms with E-state index in [1.165, 1.54) is 74.1 Å². The zero-order chi connectivity index (χ0) is 38.1. The molecule has 0 heterocycles. The molecule has 2 aromatic carbocycles. The van der Waals surface area contributed by atoms with E-state index in [-0.39, 0.29) is 5.41 Å². The smallest absolute Gasteiger partial charge is 0.0141 e. The van der Waals surface area contributed by atoms with Crippen molar-refractivity contribution in [3.63, 3.8) is 0 Å². The molecule has 2 aromatic rings. The van der Waals surface area contributed by atoms with Gasteiger partial charge >= 0.3 is 0 Å². The Labute approximate surface area is 310 Å². The molecule has 3 aliphatic rings. The maximum absolute atomic E-state index is 3.75. The second-order valence-corrected chi connectivity index (χ2v) is 12.6. The van der Waals surface area contributed by atoms with Gasteiger partial charge in [-0.15, -0.1) is 0 Å². The molecule has 1 unspecified atom stereocenters. The first kappa shape index (κ1) is 46.1. The van der Waals surface area contributed by atoms with E-state index in [0.717, 1.165) is 19.3 Å². The number of rotatable bonds is 5. The summed E-state index contributed by atoms with van der Waals surface area (Å²) in [5.74, 6) is 0. The Morgan fingerprint density at radius 3 is 1.82 bits per heavy atom. The highest BCUT2D eigenvalue weighted by Gasteiger charge is 2.23. The SMILES string of the molecule is C=C/C=C(C)\C(=C/C)C1=C(C)C=CCC1.CC.CC.CC.CC1=C(c2ccccc2C)CCC=C1.CC1=CCC(C)(c2ccc(C)cc2)C=C1. The summed E-state index contributed by atoms with van der Waals surface area (Å²) in [6.45, 7) is 33.2. The molecule has 0 radical (unpaired) electrons. The normalized spacial score (nSPS) is 17.9. The standard InChI is InChI=1S/C15H18.C15H20.C14H16.3C2H6/c1-12-4-6-14(7-5-12)15(3)10-8-13(2)9-11-15;1-5-9-12(3)14(6-2)15-11-8-7-10-13(15)4;1-11-7-3-5-9-13(11)14-10-6-4-8-12(14)2;3*1-2/h4-10H,11H2,1-3H3;5-7,9-10H,1,8,11H2,2-4H3;3-5,7-9H,6,10H2,1-2H3;3*1-2H3/b;12-9-,14-6+;;;;. The molecule has 0 heteroatoms. The summed E-state index contributed by atoms with van der Waals surface area (Å²) in [4.78, 5) is 0. The van der Waals surface area contributed by atoms with Crippen LogP contribution in [0.5, 0.6) is 0 Å². The van der Waals surface area contributed by atoms with Gasteiger partial charge in [0, 0.05) is 5.41 Å². The van der Waals surface area contributed by atoms with Crippen LogP contribution in [-0.2, 0) is 5.41 Å². The van der Waals surface area contributed by atoms with Crippen molar-refractivity contribution in [1.82, 2.24) is 0 Å². The Kier molecular flexibility index (Phi) is 24.0. The van der Waals surface area contributed by atoms with Crippen LogP contribution in [-0.4, -0.2) is 0 Å². The zero-order valence-corrected chi connectivity index (χ0v) is 34.6. The van der Waals surface area contributed by atoms with Gasteiger partial charge < -0.3 is 0 Å². The van der Waals surface area contributed by atoms with Crippen molar-refractivity contribution in [1.29, 1.82) is 0 Å². The number of hydrogen-bond acceptors (Lipinski definition) is 0. The third kappa shape index (κ3) is 14.9. The summed E-state index contributed by atoms with van der Waals surface area (Å²) in [5.41, 5.74) is 15.6. The lowest BCUT2D eigenvalue weighted by molar-refractivity contribution is 0.596. The summed E-state index contributed by atoms with van der Waals surface area (Å²) in [7, 11) is 0. The van der Waals surface area contributed by atoms with Crippen molar-refractivity contribution in [3.05, 3.63) is 172 Å². The quantitative estimate of drug-likeness (QED) is 0.277. The van der Waals surface area contributed by atoms with Gasteiger partial charge in [-0.05, 0) is 131 Å². The Morgan fingerprint density at radius 1 is 0.740 bits per heavy atom. The maximum atomic E-state index is 3.75. The summed E-state index contributed by atoms with van der Waals surface area (Å²) < 4.78 is 0. The van der Waals surface area contributed by atoms with Gasteiger partial charge in [0.25, 0.3) is 0 Å². The fraction of sp³-hybridized carbons (Fsp3) is 0.400. The maximum Gasteiger partial charge on any atom is 0.0141 e. The lowest BCUT2D eigenvalue weighted by Gasteiger charge is -2.28. The average molecular weight is 673 g/mol. The molecule has 1 atom stereocenters. The number of aryl methyl sites for hydroxylation is 2. The highest BCUT2D eigenvalue weighted by atomic mass is 14.3. The molecule has 0 aliphatic heterocycles. The molecule has 0 N–H and O–H groups in total. The highest BCUT2D eigenvalue weighted by Crippen LogP contribution is 2.34. The molecule has 0 bridgehead atoms. The number of benzene rings is 2. The predicted molar refractivity (Wildman–Crippen MR) is 231 cm³/mol. The topological polar surface area (TPSA) is 0 Å². The summed E-state index contributed by atoms with van der Waals surface area (Å²) in [6.07, 6.45) is 27.8. The van der Waals surface area contributed by atoms with E-state index >= 15 is 0 Å². The summed E-state index contributed by atoms with van der Waals surface area (Å²) in [6, 6.07) is 17.5. The second kappa shape index (κ2) is 26.0. The van der Waals surface area contributed by atoms with E-state index in [4.69, 9.17) is 0 Å². The molecule has 0 amide bonds. The predicted octanol–water partition coefficient (Wildman–Crippen LogP) is 16.1. The van der Waals surface area contributed by atoms with Crippen LogP contribution < -0.4 is 0 Å². The van der Waals surface area contributed by atoms with Crippen LogP contribution in [0.15, 0.2) is 149 Å². The first-order valence-electron chi connectivity index (χ1n) is 19.3. The molecular formula is C50H72. The Morgan fingerprint density at radius 2 is 1.32 bits per heavy atom. The lowest BCUT2D eigenvalue weighted by Crippen LogP contribution is -2.19. The average Bonchev–Trinajstić information content (AvgIpc) is 3.15. The van der Waals surface area contributed by atoms with E-state index in [1.54, 1.807) is 0 Å². The molecule has 3 aliphatic carbocycles. The summed E-state index contributed by atoms with van der Waals surface area (Å²) >= 11 is 0. The van der Waals surface area contributed by atoms with Gasteiger partial charge in [-0.2, -0.15) is 0 Å². The Hall–Kier alpha value is -3.90. The van der Waals surface area contributed by atoms with Crippen molar-refractivity contribution >= 4 is 5.57 Å². The van der Waals surface area contributed by atoms with Crippen molar-refractivity contribution in [2.75, 3.05) is 0 Å². The first-order valence-corrected chi connectivity index (χ1v) is 19.3. The van der Waals surface area contributed by atoms with Gasteiger partial charge in [-0.3, -0.25) is 0 Å². The van der Waals surface area contributed by atoms with Crippen LogP contribution in [0, 0.1) is 13.8 Å². The molecule has 0 nitrogen and oxygen atoms in total. The molecule has 0 saturated carbocycles. The van der Waals surface area contributed by atoms with E-state index in [0.29, 0.717) is 0 Å². The molecule has 50 heavy (non-hydrogen) atoms. The van der Waals surface area contributed by atoms with Gasteiger partial charge in [0.05, 0.1) is 0 Å². The van der Waals surface area contributed by atoms with Crippen molar-refractivity contribution in [3.8, 4) is 0 Å². The minimum absolute atomic E-state index is 0.188. The highest BCUT2D eigenvalue weighted by molar-refractivity contribution is 5.73. The van der Waals surface area contributed by atoms with E-state index in [1.807, 2.05) is 47.6 Å². The van der Waals surface area contributed by atoms with Crippen molar-refractivity contribution in [2.24, 2.45) is 0 Å². The second-order valence-electron chi connectivity index (χ2n) is 12.6. The largest absolute Gasteiger partial charge is 0.0991 e. The molecule has 0 aromatic heterocycles. The number of allylic oxidation sites excluding steroid dienone is 17. The van der Waals surface area contributed by atoms with Crippen molar-refractivity contribution in [2.45, 2.75) is 134 Å². The third-order valence-electron chi connectivity index (χ3n) is 8.96. The van der Waals surface area contributed by atoms with Crippen LogP contribution in [0.25, 0.3) is 5.57 Å². The summed E-state index contributed by atoms with van der Waals surface area (Å²) in [5, 5.41) is 0. The Bertz CT molecular complexity index is 1540. The van der Waals surface area contributed by atoms with Crippen LogP contribution >= 0.6 is 0 Å². The molecule has 0 spiro atoms. The van der Waals surface area contributed by atoms with E-state index in [9.17, 15) is 0 Å². The molecule has 0 saturated heterocycles.